The lowest BCUT2D eigenvalue weighted by Crippen LogP contribution is -2.25. The number of aryl methyl sites for hydroxylation is 1. The van der Waals surface area contributed by atoms with Crippen LogP contribution in [0.2, 0.25) is 5.02 Å². The summed E-state index contributed by atoms with van der Waals surface area (Å²) in [5.74, 6) is -1.27. The van der Waals surface area contributed by atoms with Crippen LogP contribution in [0.5, 0.6) is 11.5 Å². The molecule has 0 amide bonds. The van der Waals surface area contributed by atoms with Crippen LogP contribution in [0.15, 0.2) is 12.1 Å². The Morgan fingerprint density at radius 2 is 1.69 bits per heavy atom. The average molecular weight is 424 g/mol. The predicted octanol–water partition coefficient (Wildman–Crippen LogP) is 3.52. The molecule has 0 radical (unpaired) electrons. The molecule has 9 heteroatoms. The van der Waals surface area contributed by atoms with E-state index in [1.807, 2.05) is 0 Å². The van der Waals surface area contributed by atoms with E-state index in [1.165, 1.54) is 40.4 Å². The van der Waals surface area contributed by atoms with Gasteiger partial charge in [0.25, 0.3) is 0 Å². The molecule has 0 aliphatic rings. The summed E-state index contributed by atoms with van der Waals surface area (Å²) >= 11 is 6.11. The molecule has 1 aromatic heterocycles. The maximum Gasteiger partial charge on any atom is 0.339 e. The standard InChI is InChI=1S/C20H22ClNO7/c1-9-15(20(25)28-6)10(2)22-16(9)17(23)11(3)29-19(24)12-7-13(21)18(27-5)14(8-12)26-4/h7-8,11,22H,1-6H3. The first kappa shape index (κ1) is 22.3. The zero-order valence-corrected chi connectivity index (χ0v) is 17.7. The summed E-state index contributed by atoms with van der Waals surface area (Å²) in [5.41, 5.74) is 1.47. The third-order valence-electron chi connectivity index (χ3n) is 4.40. The van der Waals surface area contributed by atoms with Gasteiger partial charge in [0.15, 0.2) is 17.6 Å². The Labute approximate surface area is 173 Å². The summed E-state index contributed by atoms with van der Waals surface area (Å²) in [6, 6.07) is 2.77. The van der Waals surface area contributed by atoms with Crippen LogP contribution in [0.3, 0.4) is 0 Å². The second kappa shape index (κ2) is 9.00. The van der Waals surface area contributed by atoms with Crippen molar-refractivity contribution in [2.75, 3.05) is 21.3 Å². The van der Waals surface area contributed by atoms with Crippen molar-refractivity contribution in [2.24, 2.45) is 0 Å². The van der Waals surface area contributed by atoms with Gasteiger partial charge in [0.05, 0.1) is 43.2 Å². The predicted molar refractivity (Wildman–Crippen MR) is 105 cm³/mol. The van der Waals surface area contributed by atoms with E-state index in [-0.39, 0.29) is 33.3 Å². The number of halogens is 1. The van der Waals surface area contributed by atoms with Crippen molar-refractivity contribution in [3.63, 3.8) is 0 Å². The van der Waals surface area contributed by atoms with E-state index in [0.717, 1.165) is 0 Å². The molecule has 156 valence electrons. The summed E-state index contributed by atoms with van der Waals surface area (Å²) in [6.45, 7) is 4.71. The molecule has 2 aromatic rings. The van der Waals surface area contributed by atoms with Gasteiger partial charge in [-0.1, -0.05) is 11.6 Å². The first-order chi connectivity index (χ1) is 13.7. The second-order valence-electron chi connectivity index (χ2n) is 6.22. The number of esters is 2. The lowest BCUT2D eigenvalue weighted by Gasteiger charge is -2.14. The van der Waals surface area contributed by atoms with Crippen LogP contribution in [-0.2, 0) is 9.47 Å². The average Bonchev–Trinajstić information content (AvgIpc) is 2.99. The van der Waals surface area contributed by atoms with Gasteiger partial charge in [-0.25, -0.2) is 9.59 Å². The Morgan fingerprint density at radius 1 is 1.03 bits per heavy atom. The van der Waals surface area contributed by atoms with Crippen LogP contribution in [0.25, 0.3) is 0 Å². The molecule has 1 atom stereocenters. The van der Waals surface area contributed by atoms with Crippen molar-refractivity contribution in [1.29, 1.82) is 0 Å². The van der Waals surface area contributed by atoms with Crippen molar-refractivity contribution in [3.05, 3.63) is 45.2 Å². The zero-order chi connectivity index (χ0) is 21.9. The van der Waals surface area contributed by atoms with Gasteiger partial charge in [-0.15, -0.1) is 0 Å². The highest BCUT2D eigenvalue weighted by molar-refractivity contribution is 6.32. The molecule has 2 rings (SSSR count). The summed E-state index contributed by atoms with van der Waals surface area (Å²) in [6.07, 6.45) is -1.11. The molecule has 1 heterocycles. The minimum atomic E-state index is -1.11. The number of ether oxygens (including phenoxy) is 4. The van der Waals surface area contributed by atoms with Gasteiger partial charge in [0.1, 0.15) is 0 Å². The molecule has 8 nitrogen and oxygen atoms in total. The highest BCUT2D eigenvalue weighted by Crippen LogP contribution is 2.36. The molecular weight excluding hydrogens is 402 g/mol. The van der Waals surface area contributed by atoms with Gasteiger partial charge in [-0.05, 0) is 38.5 Å². The monoisotopic (exact) mass is 423 g/mol. The van der Waals surface area contributed by atoms with Crippen LogP contribution >= 0.6 is 11.6 Å². The molecule has 0 saturated heterocycles. The highest BCUT2D eigenvalue weighted by Gasteiger charge is 2.28. The molecule has 0 saturated carbocycles. The molecule has 1 unspecified atom stereocenters. The maximum absolute atomic E-state index is 12.8. The van der Waals surface area contributed by atoms with Crippen molar-refractivity contribution in [1.82, 2.24) is 4.98 Å². The number of hydrogen-bond donors (Lipinski definition) is 1. The van der Waals surface area contributed by atoms with Crippen LogP contribution < -0.4 is 9.47 Å². The number of ketones is 1. The summed E-state index contributed by atoms with van der Waals surface area (Å²) in [7, 11) is 4.09. The number of methoxy groups -OCH3 is 3. The molecule has 29 heavy (non-hydrogen) atoms. The van der Waals surface area contributed by atoms with Crippen molar-refractivity contribution in [3.8, 4) is 11.5 Å². The van der Waals surface area contributed by atoms with Crippen molar-refractivity contribution >= 4 is 29.3 Å². The lowest BCUT2D eigenvalue weighted by molar-refractivity contribution is 0.0316. The first-order valence-electron chi connectivity index (χ1n) is 8.60. The number of hydrogen-bond acceptors (Lipinski definition) is 7. The van der Waals surface area contributed by atoms with Crippen LogP contribution in [0.4, 0.5) is 0 Å². The fourth-order valence-corrected chi connectivity index (χ4v) is 3.21. The molecular formula is C20H22ClNO7. The topological polar surface area (TPSA) is 104 Å². The highest BCUT2D eigenvalue weighted by atomic mass is 35.5. The quantitative estimate of drug-likeness (QED) is 0.536. The third-order valence-corrected chi connectivity index (χ3v) is 4.68. The van der Waals surface area contributed by atoms with E-state index >= 15 is 0 Å². The number of aromatic nitrogens is 1. The first-order valence-corrected chi connectivity index (χ1v) is 8.98. The molecule has 0 aliphatic heterocycles. The molecule has 0 bridgehead atoms. The summed E-state index contributed by atoms with van der Waals surface area (Å²) in [4.78, 5) is 40.0. The number of H-pyrrole nitrogens is 1. The largest absolute Gasteiger partial charge is 0.493 e. The lowest BCUT2D eigenvalue weighted by atomic mass is 10.1. The number of nitrogens with one attached hydrogen (secondary N) is 1. The number of rotatable bonds is 7. The van der Waals surface area contributed by atoms with Gasteiger partial charge in [0, 0.05) is 5.69 Å². The minimum absolute atomic E-state index is 0.0990. The van der Waals surface area contributed by atoms with Gasteiger partial charge in [0.2, 0.25) is 5.78 Å². The fraction of sp³-hybridized carbons (Fsp3) is 0.350. The van der Waals surface area contributed by atoms with E-state index in [4.69, 9.17) is 30.5 Å². The number of carbonyl (C=O) groups excluding carboxylic acids is 3. The number of benzene rings is 1. The number of aromatic amines is 1. The van der Waals surface area contributed by atoms with Gasteiger partial charge in [-0.2, -0.15) is 0 Å². The number of Topliss-reactive ketones (excluding diaryl/α,β-unsaturated/α-hetero) is 1. The Kier molecular flexibility index (Phi) is 6.92. The zero-order valence-electron chi connectivity index (χ0n) is 17.0. The van der Waals surface area contributed by atoms with E-state index in [0.29, 0.717) is 11.3 Å². The summed E-state index contributed by atoms with van der Waals surface area (Å²) < 4.78 is 20.3. The van der Waals surface area contributed by atoms with E-state index in [2.05, 4.69) is 4.98 Å². The van der Waals surface area contributed by atoms with Gasteiger partial charge in [-0.3, -0.25) is 4.79 Å². The number of carbonyl (C=O) groups is 3. The van der Waals surface area contributed by atoms with E-state index < -0.39 is 23.8 Å². The van der Waals surface area contributed by atoms with E-state index in [1.54, 1.807) is 13.8 Å². The Hall–Kier alpha value is -3.00. The molecule has 1 N–H and O–H groups in total. The minimum Gasteiger partial charge on any atom is -0.493 e. The SMILES string of the molecule is COC(=O)c1c(C)[nH]c(C(=O)C(C)OC(=O)c2cc(Cl)c(OC)c(OC)c2)c1C. The normalized spacial score (nSPS) is 11.6. The Morgan fingerprint density at radius 3 is 2.24 bits per heavy atom. The summed E-state index contributed by atoms with van der Waals surface area (Å²) in [5, 5.41) is 0.163. The Balaban J connectivity index is 2.26. The Bertz CT molecular complexity index is 964. The van der Waals surface area contributed by atoms with E-state index in [9.17, 15) is 14.4 Å². The van der Waals surface area contributed by atoms with Crippen LogP contribution in [0, 0.1) is 13.8 Å². The third kappa shape index (κ3) is 4.37. The van der Waals surface area contributed by atoms with Gasteiger partial charge < -0.3 is 23.9 Å². The maximum atomic E-state index is 12.8. The fourth-order valence-electron chi connectivity index (χ4n) is 2.93. The van der Waals surface area contributed by atoms with Crippen LogP contribution in [-0.4, -0.2) is 50.1 Å². The second-order valence-corrected chi connectivity index (χ2v) is 6.63. The smallest absolute Gasteiger partial charge is 0.339 e. The molecule has 1 aromatic carbocycles. The van der Waals surface area contributed by atoms with Crippen molar-refractivity contribution in [2.45, 2.75) is 26.9 Å². The molecule has 0 fully saturated rings. The van der Waals surface area contributed by atoms with Crippen molar-refractivity contribution < 1.29 is 33.3 Å². The molecule has 0 spiro atoms. The van der Waals surface area contributed by atoms with Gasteiger partial charge >= 0.3 is 11.9 Å². The molecule has 0 aliphatic carbocycles. The van der Waals surface area contributed by atoms with Crippen LogP contribution in [0.1, 0.15) is 49.4 Å².